The molecule has 0 saturated heterocycles. The van der Waals surface area contributed by atoms with Crippen molar-refractivity contribution in [1.82, 2.24) is 5.32 Å². The second-order valence-electron chi connectivity index (χ2n) is 2.77. The van der Waals surface area contributed by atoms with Gasteiger partial charge >= 0.3 is 0 Å². The summed E-state index contributed by atoms with van der Waals surface area (Å²) < 4.78 is 13.3. The van der Waals surface area contributed by atoms with Crippen LogP contribution in [0.1, 0.15) is 10.4 Å². The van der Waals surface area contributed by atoms with E-state index in [0.29, 0.717) is 4.47 Å². The van der Waals surface area contributed by atoms with Gasteiger partial charge in [-0.15, -0.1) is 0 Å². The second-order valence-corrected chi connectivity index (χ2v) is 3.63. The number of nitrogens with one attached hydrogen (secondary N) is 1. The Bertz CT molecular complexity index is 409. The maximum atomic E-state index is 12.8. The van der Waals surface area contributed by atoms with E-state index >= 15 is 0 Å². The molecule has 0 fully saturated rings. The van der Waals surface area contributed by atoms with Crippen molar-refractivity contribution in [3.63, 3.8) is 0 Å². The van der Waals surface area contributed by atoms with Gasteiger partial charge in [0.2, 0.25) is 5.91 Å². The molecule has 0 aromatic heterocycles. The van der Waals surface area contributed by atoms with E-state index in [0.717, 1.165) is 6.07 Å². The first-order valence-corrected chi connectivity index (χ1v) is 4.81. The average Bonchev–Trinajstić information content (AvgIpc) is 2.18. The highest BCUT2D eigenvalue weighted by atomic mass is 79.9. The lowest BCUT2D eigenvalue weighted by Crippen LogP contribution is -2.33. The molecule has 0 aliphatic carbocycles. The zero-order valence-corrected chi connectivity index (χ0v) is 9.17. The van der Waals surface area contributed by atoms with Crippen molar-refractivity contribution >= 4 is 27.7 Å². The molecule has 0 heterocycles. The molecule has 1 aromatic rings. The van der Waals surface area contributed by atoms with Crippen LogP contribution in [0.25, 0.3) is 0 Å². The number of rotatable bonds is 3. The zero-order chi connectivity index (χ0) is 11.4. The summed E-state index contributed by atoms with van der Waals surface area (Å²) >= 11 is 3.09. The lowest BCUT2D eigenvalue weighted by molar-refractivity contribution is -0.117. The molecule has 0 spiro atoms. The molecule has 0 aliphatic heterocycles. The minimum atomic E-state index is -0.657. The number of hydrogen-bond donors (Lipinski definition) is 2. The van der Waals surface area contributed by atoms with Gasteiger partial charge in [-0.25, -0.2) is 4.39 Å². The van der Waals surface area contributed by atoms with Gasteiger partial charge in [-0.2, -0.15) is 0 Å². The summed E-state index contributed by atoms with van der Waals surface area (Å²) in [6.07, 6.45) is 0. The van der Waals surface area contributed by atoms with Crippen LogP contribution in [0, 0.1) is 5.82 Å². The van der Waals surface area contributed by atoms with Crippen molar-refractivity contribution in [3.8, 4) is 0 Å². The zero-order valence-electron chi connectivity index (χ0n) is 7.59. The second kappa shape index (κ2) is 4.88. The first kappa shape index (κ1) is 11.6. The van der Waals surface area contributed by atoms with Crippen LogP contribution in [0.4, 0.5) is 4.39 Å². The minimum Gasteiger partial charge on any atom is -0.368 e. The number of benzene rings is 1. The lowest BCUT2D eigenvalue weighted by Gasteiger charge is -2.04. The Labute approximate surface area is 93.8 Å². The molecule has 80 valence electrons. The molecule has 15 heavy (non-hydrogen) atoms. The number of primary amides is 1. The highest BCUT2D eigenvalue weighted by Gasteiger charge is 2.11. The number of nitrogens with two attached hydrogens (primary N) is 1. The van der Waals surface area contributed by atoms with Gasteiger partial charge in [-0.3, -0.25) is 9.59 Å². The molecule has 0 bridgehead atoms. The standard InChI is InChI=1S/C9H8BrFN2O2/c10-7-2-1-5(11)3-6(7)9(15)13-4-8(12)14/h1-3H,4H2,(H2,12,14)(H,13,15). The fraction of sp³-hybridized carbons (Fsp3) is 0.111. The van der Waals surface area contributed by atoms with Crippen LogP contribution in [0.2, 0.25) is 0 Å². The fourth-order valence-corrected chi connectivity index (χ4v) is 1.36. The first-order valence-electron chi connectivity index (χ1n) is 4.02. The Hall–Kier alpha value is -1.43. The topological polar surface area (TPSA) is 72.2 Å². The Kier molecular flexibility index (Phi) is 3.79. The van der Waals surface area contributed by atoms with Crippen LogP contribution in [-0.2, 0) is 4.79 Å². The molecule has 6 heteroatoms. The largest absolute Gasteiger partial charge is 0.368 e. The van der Waals surface area contributed by atoms with Gasteiger partial charge in [0, 0.05) is 4.47 Å². The predicted octanol–water partition coefficient (Wildman–Crippen LogP) is 0.803. The van der Waals surface area contributed by atoms with Gasteiger partial charge in [0.15, 0.2) is 0 Å². The lowest BCUT2D eigenvalue weighted by atomic mass is 10.2. The number of hydrogen-bond acceptors (Lipinski definition) is 2. The molecule has 0 atom stereocenters. The highest BCUT2D eigenvalue weighted by Crippen LogP contribution is 2.17. The van der Waals surface area contributed by atoms with E-state index in [1.54, 1.807) is 0 Å². The molecule has 0 radical (unpaired) electrons. The number of amides is 2. The van der Waals surface area contributed by atoms with Gasteiger partial charge in [0.25, 0.3) is 5.91 Å². The highest BCUT2D eigenvalue weighted by molar-refractivity contribution is 9.10. The predicted molar refractivity (Wildman–Crippen MR) is 55.6 cm³/mol. The van der Waals surface area contributed by atoms with Crippen molar-refractivity contribution in [2.24, 2.45) is 5.73 Å². The SMILES string of the molecule is NC(=O)CNC(=O)c1cc(F)ccc1Br. The molecular formula is C9H8BrFN2O2. The third kappa shape index (κ3) is 3.32. The maximum absolute atomic E-state index is 12.8. The Balaban J connectivity index is 2.81. The third-order valence-electron chi connectivity index (χ3n) is 1.60. The summed E-state index contributed by atoms with van der Waals surface area (Å²) in [6.45, 7) is -0.276. The monoisotopic (exact) mass is 274 g/mol. The normalized spacial score (nSPS) is 9.73. The van der Waals surface area contributed by atoms with E-state index in [1.165, 1.54) is 12.1 Å². The molecular weight excluding hydrogens is 267 g/mol. The van der Waals surface area contributed by atoms with Crippen LogP contribution in [0.3, 0.4) is 0 Å². The van der Waals surface area contributed by atoms with Crippen LogP contribution < -0.4 is 11.1 Å². The average molecular weight is 275 g/mol. The summed E-state index contributed by atoms with van der Waals surface area (Å²) in [4.78, 5) is 21.8. The Morgan fingerprint density at radius 1 is 1.47 bits per heavy atom. The third-order valence-corrected chi connectivity index (χ3v) is 2.29. The molecule has 1 aromatic carbocycles. The molecule has 0 aliphatic rings. The van der Waals surface area contributed by atoms with Crippen molar-refractivity contribution in [3.05, 3.63) is 34.1 Å². The van der Waals surface area contributed by atoms with E-state index in [2.05, 4.69) is 21.2 Å². The summed E-state index contributed by atoms with van der Waals surface area (Å²) in [6, 6.07) is 3.70. The van der Waals surface area contributed by atoms with Crippen molar-refractivity contribution in [1.29, 1.82) is 0 Å². The summed E-state index contributed by atoms with van der Waals surface area (Å²) in [5, 5.41) is 2.26. The van der Waals surface area contributed by atoms with Crippen LogP contribution in [0.5, 0.6) is 0 Å². The van der Waals surface area contributed by atoms with Crippen molar-refractivity contribution in [2.45, 2.75) is 0 Å². The van der Waals surface area contributed by atoms with Gasteiger partial charge in [0.1, 0.15) is 5.82 Å². The smallest absolute Gasteiger partial charge is 0.252 e. The maximum Gasteiger partial charge on any atom is 0.252 e. The van der Waals surface area contributed by atoms with Crippen molar-refractivity contribution in [2.75, 3.05) is 6.54 Å². The Morgan fingerprint density at radius 3 is 2.73 bits per heavy atom. The molecule has 0 unspecified atom stereocenters. The van der Waals surface area contributed by atoms with E-state index in [9.17, 15) is 14.0 Å². The molecule has 2 amide bonds. The van der Waals surface area contributed by atoms with Gasteiger partial charge in [-0.05, 0) is 34.1 Å². The molecule has 4 nitrogen and oxygen atoms in total. The first-order chi connectivity index (χ1) is 7.00. The van der Waals surface area contributed by atoms with E-state index < -0.39 is 17.6 Å². The summed E-state index contributed by atoms with van der Waals surface area (Å²) in [7, 11) is 0. The quantitative estimate of drug-likeness (QED) is 0.856. The van der Waals surface area contributed by atoms with Gasteiger partial charge in [-0.1, -0.05) is 0 Å². The number of halogens is 2. The van der Waals surface area contributed by atoms with Crippen LogP contribution >= 0.6 is 15.9 Å². The van der Waals surface area contributed by atoms with Crippen LogP contribution in [-0.4, -0.2) is 18.4 Å². The van der Waals surface area contributed by atoms with Gasteiger partial charge in [0.05, 0.1) is 12.1 Å². The van der Waals surface area contributed by atoms with Crippen LogP contribution in [0.15, 0.2) is 22.7 Å². The molecule has 1 rings (SSSR count). The summed E-state index contributed by atoms with van der Waals surface area (Å²) in [5.41, 5.74) is 4.97. The fourth-order valence-electron chi connectivity index (χ4n) is 0.934. The number of carbonyl (C=O) groups excluding carboxylic acids is 2. The number of carbonyl (C=O) groups is 2. The van der Waals surface area contributed by atoms with E-state index in [-0.39, 0.29) is 12.1 Å². The molecule has 0 saturated carbocycles. The van der Waals surface area contributed by atoms with Gasteiger partial charge < -0.3 is 11.1 Å². The minimum absolute atomic E-state index is 0.122. The molecule has 3 N–H and O–H groups in total. The Morgan fingerprint density at radius 2 is 2.13 bits per heavy atom. The van der Waals surface area contributed by atoms with E-state index in [4.69, 9.17) is 5.73 Å². The van der Waals surface area contributed by atoms with E-state index in [1.807, 2.05) is 0 Å². The summed E-state index contributed by atoms with van der Waals surface area (Å²) in [5.74, 6) is -1.74. The van der Waals surface area contributed by atoms with Crippen molar-refractivity contribution < 1.29 is 14.0 Å².